The molecule has 1 aliphatic heterocycles. The van der Waals surface area contributed by atoms with Crippen LogP contribution in [0.1, 0.15) is 26.8 Å². The predicted octanol–water partition coefficient (Wildman–Crippen LogP) is 3.02. The van der Waals surface area contributed by atoms with E-state index >= 15 is 0 Å². The standard InChI is InChI=1S/C22H23N5O2S/c23-22(29)27-12-11-26(19-8-4-5-10-24-19)15-18(27)20-17(9-13-30-20)21(28)25-14-16-6-2-1-3-7-16/h1-10,13,18H,11-12,14-15H2,(H2,23,29)(H,25,28). The summed E-state index contributed by atoms with van der Waals surface area (Å²) in [4.78, 5) is 34.0. The van der Waals surface area contributed by atoms with E-state index in [9.17, 15) is 9.59 Å². The molecule has 4 rings (SSSR count). The Hall–Kier alpha value is -3.39. The first-order valence-electron chi connectivity index (χ1n) is 9.75. The number of primary amides is 1. The molecule has 3 N–H and O–H groups in total. The van der Waals surface area contributed by atoms with Crippen LogP contribution in [0.4, 0.5) is 10.6 Å². The maximum Gasteiger partial charge on any atom is 0.315 e. The number of rotatable bonds is 5. The quantitative estimate of drug-likeness (QED) is 0.662. The van der Waals surface area contributed by atoms with Crippen LogP contribution in [-0.2, 0) is 6.54 Å². The number of benzene rings is 1. The van der Waals surface area contributed by atoms with E-state index in [1.807, 2.05) is 53.9 Å². The zero-order valence-electron chi connectivity index (χ0n) is 16.4. The van der Waals surface area contributed by atoms with Crippen molar-refractivity contribution >= 4 is 29.1 Å². The van der Waals surface area contributed by atoms with Crippen molar-refractivity contribution in [3.05, 3.63) is 82.2 Å². The molecule has 3 heterocycles. The Bertz CT molecular complexity index is 1010. The van der Waals surface area contributed by atoms with Crippen LogP contribution >= 0.6 is 11.3 Å². The largest absolute Gasteiger partial charge is 0.352 e. The first kappa shape index (κ1) is 19.9. The van der Waals surface area contributed by atoms with E-state index in [1.165, 1.54) is 11.3 Å². The van der Waals surface area contributed by atoms with Crippen molar-refractivity contribution in [1.82, 2.24) is 15.2 Å². The van der Waals surface area contributed by atoms with Crippen LogP contribution in [0.5, 0.6) is 0 Å². The summed E-state index contributed by atoms with van der Waals surface area (Å²) in [5.74, 6) is 0.688. The highest BCUT2D eigenvalue weighted by atomic mass is 32.1. The molecule has 2 aromatic heterocycles. The Labute approximate surface area is 179 Å². The first-order valence-corrected chi connectivity index (χ1v) is 10.6. The van der Waals surface area contributed by atoms with Gasteiger partial charge in [0.15, 0.2) is 0 Å². The van der Waals surface area contributed by atoms with Crippen molar-refractivity contribution in [3.8, 4) is 0 Å². The van der Waals surface area contributed by atoms with Gasteiger partial charge in [0.25, 0.3) is 5.91 Å². The van der Waals surface area contributed by atoms with E-state index in [1.54, 1.807) is 17.2 Å². The molecule has 7 nitrogen and oxygen atoms in total. The maximum absolute atomic E-state index is 12.9. The molecule has 1 aliphatic rings. The highest BCUT2D eigenvalue weighted by molar-refractivity contribution is 7.10. The first-order chi connectivity index (χ1) is 14.6. The number of urea groups is 1. The molecule has 8 heteroatoms. The summed E-state index contributed by atoms with van der Waals surface area (Å²) in [6.07, 6.45) is 1.75. The van der Waals surface area contributed by atoms with E-state index in [0.29, 0.717) is 31.7 Å². The topological polar surface area (TPSA) is 91.6 Å². The number of hydrogen-bond donors (Lipinski definition) is 2. The number of hydrogen-bond acceptors (Lipinski definition) is 5. The number of pyridine rings is 1. The van der Waals surface area contributed by atoms with Gasteiger partial charge in [0.1, 0.15) is 5.82 Å². The fourth-order valence-corrected chi connectivity index (χ4v) is 4.66. The second-order valence-corrected chi connectivity index (χ2v) is 8.00. The average Bonchev–Trinajstić information content (AvgIpc) is 3.28. The monoisotopic (exact) mass is 421 g/mol. The number of thiophene rings is 1. The second-order valence-electron chi connectivity index (χ2n) is 7.05. The predicted molar refractivity (Wildman–Crippen MR) is 117 cm³/mol. The lowest BCUT2D eigenvalue weighted by molar-refractivity contribution is 0.0947. The second kappa shape index (κ2) is 8.96. The molecular formula is C22H23N5O2S. The van der Waals surface area contributed by atoms with Gasteiger partial charge in [0.2, 0.25) is 0 Å². The third-order valence-corrected chi connectivity index (χ3v) is 6.19. The third-order valence-electron chi connectivity index (χ3n) is 5.18. The summed E-state index contributed by atoms with van der Waals surface area (Å²) in [6, 6.07) is 16.5. The molecule has 0 saturated carbocycles. The van der Waals surface area contributed by atoms with Crippen molar-refractivity contribution in [2.45, 2.75) is 12.6 Å². The number of nitrogens with one attached hydrogen (secondary N) is 1. The number of piperazine rings is 1. The summed E-state index contributed by atoms with van der Waals surface area (Å²) in [5, 5.41) is 4.86. The highest BCUT2D eigenvalue weighted by Crippen LogP contribution is 2.33. The number of carbonyl (C=O) groups is 2. The number of amides is 3. The van der Waals surface area contributed by atoms with Gasteiger partial charge in [0, 0.05) is 37.3 Å². The lowest BCUT2D eigenvalue weighted by Crippen LogP contribution is -2.52. The minimum Gasteiger partial charge on any atom is -0.352 e. The van der Waals surface area contributed by atoms with E-state index in [4.69, 9.17) is 5.73 Å². The van der Waals surface area contributed by atoms with Crippen LogP contribution in [0.25, 0.3) is 0 Å². The van der Waals surface area contributed by atoms with E-state index in [2.05, 4.69) is 15.2 Å². The fraction of sp³-hybridized carbons (Fsp3) is 0.227. The molecule has 1 unspecified atom stereocenters. The molecule has 3 amide bonds. The SMILES string of the molecule is NC(=O)N1CCN(c2ccccn2)CC1c1sccc1C(=O)NCc1ccccc1. The molecule has 1 saturated heterocycles. The van der Waals surface area contributed by atoms with Crippen molar-refractivity contribution in [1.29, 1.82) is 0 Å². The van der Waals surface area contributed by atoms with Gasteiger partial charge in [-0.05, 0) is 29.1 Å². The van der Waals surface area contributed by atoms with Gasteiger partial charge in [0.05, 0.1) is 11.6 Å². The fourth-order valence-electron chi connectivity index (χ4n) is 3.66. The number of nitrogens with two attached hydrogens (primary N) is 1. The van der Waals surface area contributed by atoms with Crippen molar-refractivity contribution < 1.29 is 9.59 Å². The van der Waals surface area contributed by atoms with Crippen LogP contribution in [0.15, 0.2) is 66.2 Å². The molecule has 0 spiro atoms. The molecule has 0 aliphatic carbocycles. The van der Waals surface area contributed by atoms with E-state index in [-0.39, 0.29) is 11.9 Å². The molecule has 1 fully saturated rings. The maximum atomic E-state index is 12.9. The van der Waals surface area contributed by atoms with Crippen LogP contribution < -0.4 is 16.0 Å². The molecule has 30 heavy (non-hydrogen) atoms. The van der Waals surface area contributed by atoms with Crippen LogP contribution in [0, 0.1) is 0 Å². The van der Waals surface area contributed by atoms with Gasteiger partial charge in [-0.3, -0.25) is 4.79 Å². The van der Waals surface area contributed by atoms with Crippen molar-refractivity contribution in [3.63, 3.8) is 0 Å². The van der Waals surface area contributed by atoms with Crippen LogP contribution in [0.3, 0.4) is 0 Å². The molecule has 154 valence electrons. The lowest BCUT2D eigenvalue weighted by atomic mass is 10.1. The minimum absolute atomic E-state index is 0.158. The summed E-state index contributed by atoms with van der Waals surface area (Å²) in [6.45, 7) is 2.08. The van der Waals surface area contributed by atoms with Gasteiger partial charge in [-0.2, -0.15) is 0 Å². The van der Waals surface area contributed by atoms with Gasteiger partial charge < -0.3 is 20.9 Å². The number of aromatic nitrogens is 1. The Kier molecular flexibility index (Phi) is 5.94. The third kappa shape index (κ3) is 4.28. The number of carbonyl (C=O) groups excluding carboxylic acids is 2. The van der Waals surface area contributed by atoms with Gasteiger partial charge in [-0.1, -0.05) is 36.4 Å². The van der Waals surface area contributed by atoms with Crippen molar-refractivity contribution in [2.24, 2.45) is 5.73 Å². The molecule has 1 aromatic carbocycles. The van der Waals surface area contributed by atoms with Crippen LogP contribution in [0.2, 0.25) is 0 Å². The Morgan fingerprint density at radius 1 is 1.10 bits per heavy atom. The molecular weight excluding hydrogens is 398 g/mol. The van der Waals surface area contributed by atoms with Gasteiger partial charge in [-0.15, -0.1) is 11.3 Å². The summed E-state index contributed by atoms with van der Waals surface area (Å²) >= 11 is 1.47. The van der Waals surface area contributed by atoms with Crippen molar-refractivity contribution in [2.75, 3.05) is 24.5 Å². The highest BCUT2D eigenvalue weighted by Gasteiger charge is 2.34. The zero-order valence-corrected chi connectivity index (χ0v) is 17.2. The average molecular weight is 422 g/mol. The summed E-state index contributed by atoms with van der Waals surface area (Å²) in [7, 11) is 0. The smallest absolute Gasteiger partial charge is 0.315 e. The number of nitrogens with zero attached hydrogens (tertiary/aromatic N) is 3. The summed E-state index contributed by atoms with van der Waals surface area (Å²) in [5.41, 5.74) is 7.27. The van der Waals surface area contributed by atoms with E-state index < -0.39 is 6.03 Å². The molecule has 0 bridgehead atoms. The van der Waals surface area contributed by atoms with E-state index in [0.717, 1.165) is 16.3 Å². The van der Waals surface area contributed by atoms with Gasteiger partial charge in [-0.25, -0.2) is 9.78 Å². The Balaban J connectivity index is 1.55. The lowest BCUT2D eigenvalue weighted by Gasteiger charge is -2.41. The van der Waals surface area contributed by atoms with Crippen LogP contribution in [-0.4, -0.2) is 41.5 Å². The van der Waals surface area contributed by atoms with Gasteiger partial charge >= 0.3 is 6.03 Å². The summed E-state index contributed by atoms with van der Waals surface area (Å²) < 4.78 is 0. The molecule has 1 atom stereocenters. The molecule has 0 radical (unpaired) electrons. The Morgan fingerprint density at radius 3 is 2.63 bits per heavy atom. The molecule has 3 aromatic rings. The number of anilines is 1. The Morgan fingerprint density at radius 2 is 1.90 bits per heavy atom. The zero-order chi connectivity index (χ0) is 20.9. The minimum atomic E-state index is -0.482. The normalized spacial score (nSPS) is 16.3.